The van der Waals surface area contributed by atoms with Crippen LogP contribution in [0.15, 0.2) is 40.3 Å². The number of rotatable bonds is 51. The van der Waals surface area contributed by atoms with Crippen molar-refractivity contribution in [1.29, 1.82) is 0 Å². The van der Waals surface area contributed by atoms with Crippen molar-refractivity contribution in [3.05, 3.63) is 35.9 Å². The lowest BCUT2D eigenvalue weighted by atomic mass is 9.97. The molecule has 27 N–H and O–H groups in total. The Morgan fingerprint density at radius 3 is 1.21 bits per heavy atom. The smallest absolute Gasteiger partial charge is 0.305 e. The van der Waals surface area contributed by atoms with Crippen molar-refractivity contribution in [3.8, 4) is 0 Å². The first-order valence-electron chi connectivity index (χ1n) is 34.1. The fraction of sp³-hybridized carbons (Fsp3) is 0.615. The first-order chi connectivity index (χ1) is 49.2. The van der Waals surface area contributed by atoms with E-state index in [9.17, 15) is 96.8 Å². The summed E-state index contributed by atoms with van der Waals surface area (Å²) in [5.74, 6) is -20.6. The Labute approximate surface area is 607 Å². The molecule has 0 fully saturated rings. The quantitative estimate of drug-likeness (QED) is 0.0164. The van der Waals surface area contributed by atoms with Crippen molar-refractivity contribution in [1.82, 2.24) is 63.8 Å². The summed E-state index contributed by atoms with van der Waals surface area (Å²) in [7, 11) is 0. The Morgan fingerprint density at radius 2 is 0.810 bits per heavy atom. The van der Waals surface area contributed by atoms with Crippen LogP contribution in [0.4, 0.5) is 0 Å². The van der Waals surface area contributed by atoms with Crippen LogP contribution >= 0.6 is 0 Å². The van der Waals surface area contributed by atoms with E-state index >= 15 is 0 Å². The molecule has 14 amide bonds. The molecule has 0 aliphatic carbocycles. The van der Waals surface area contributed by atoms with Gasteiger partial charge in [-0.3, -0.25) is 91.5 Å². The lowest BCUT2D eigenvalue weighted by Crippen LogP contribution is -2.60. The van der Waals surface area contributed by atoms with Crippen LogP contribution in [0.1, 0.15) is 151 Å². The number of nitrogens with two attached hydrogens (primary N) is 6. The van der Waals surface area contributed by atoms with Crippen molar-refractivity contribution in [2.45, 2.75) is 218 Å². The average molecular weight is 1490 g/mol. The number of hydrogen-bond acceptors (Lipinski definition) is 19. The summed E-state index contributed by atoms with van der Waals surface area (Å²) in [5, 5.41) is 57.9. The second-order valence-corrected chi connectivity index (χ2v) is 25.5. The Bertz CT molecular complexity index is 3240. The third-order valence-corrected chi connectivity index (χ3v) is 16.2. The molecule has 1 rings (SSSR count). The maximum atomic E-state index is 14.6. The van der Waals surface area contributed by atoms with Crippen molar-refractivity contribution >= 4 is 113 Å². The molecule has 1 aromatic carbocycles. The summed E-state index contributed by atoms with van der Waals surface area (Å²) < 4.78 is 0. The van der Waals surface area contributed by atoms with Gasteiger partial charge in [0.15, 0.2) is 11.9 Å². The van der Waals surface area contributed by atoms with Gasteiger partial charge < -0.3 is 114 Å². The summed E-state index contributed by atoms with van der Waals surface area (Å²) >= 11 is 0. The number of carboxylic acids is 3. The maximum Gasteiger partial charge on any atom is 0.305 e. The summed E-state index contributed by atoms with van der Waals surface area (Å²) in [4.78, 5) is 233. The number of carbonyl (C=O) groups is 17. The lowest BCUT2D eigenvalue weighted by molar-refractivity contribution is -0.141. The zero-order valence-electron chi connectivity index (χ0n) is 60.3. The van der Waals surface area contributed by atoms with Crippen molar-refractivity contribution in [3.63, 3.8) is 0 Å². The SMILES string of the molecule is CC[C@H](C)[C@H](NC(C)=O)C(=O)N[C@@H](C)C(=O)N[C@@H](CCC(N)=O)C(=O)N[C@@H](CCC(=O)O)C(=O)N[C@@H](CC(C)C)C(=O)N[C@@H](CCCN=C(N)N)C(=O)N[C@@H](CCCN=C(N)N)C(=O)N[C@H](C(=O)NCC(=O)N[C@@H](CC(=O)O)C(=O)N[C@@H](CCC(=O)O)C(=O)N[C@@H](Cc1ccccc1)C(N)=O)[C@@H](C)CC. The zero-order chi connectivity index (χ0) is 79.8. The van der Waals surface area contributed by atoms with E-state index in [0.717, 1.165) is 0 Å². The molecular weight excluding hydrogens is 1380 g/mol. The highest BCUT2D eigenvalue weighted by Crippen LogP contribution is 2.15. The minimum absolute atomic E-state index is 0.00591. The molecule has 0 saturated heterocycles. The summed E-state index contributed by atoms with van der Waals surface area (Å²) in [6.07, 6.45) is -4.81. The van der Waals surface area contributed by atoms with Crippen LogP contribution in [0.5, 0.6) is 0 Å². The van der Waals surface area contributed by atoms with Crippen molar-refractivity contribution in [2.24, 2.45) is 62.1 Å². The summed E-state index contributed by atoms with van der Waals surface area (Å²) in [6, 6.07) is -8.78. The van der Waals surface area contributed by atoms with E-state index in [-0.39, 0.29) is 75.9 Å². The molecule has 1 aromatic rings. The number of nitrogens with one attached hydrogen (secondary N) is 12. The molecule has 40 heteroatoms. The van der Waals surface area contributed by atoms with Gasteiger partial charge in [-0.15, -0.1) is 0 Å². The molecule has 0 spiro atoms. The van der Waals surface area contributed by atoms with Gasteiger partial charge in [0.25, 0.3) is 0 Å². The number of carbonyl (C=O) groups excluding carboxylic acids is 14. The van der Waals surface area contributed by atoms with Crippen LogP contribution in [-0.2, 0) is 87.9 Å². The zero-order valence-corrected chi connectivity index (χ0v) is 60.3. The highest BCUT2D eigenvalue weighted by Gasteiger charge is 2.37. The Balaban J connectivity index is 3.67. The molecular formula is C65H106N20O20. The van der Waals surface area contributed by atoms with E-state index in [1.165, 1.54) is 13.8 Å². The van der Waals surface area contributed by atoms with Gasteiger partial charge in [0.2, 0.25) is 82.7 Å². The molecule has 0 aliphatic heterocycles. The Morgan fingerprint density at radius 1 is 0.419 bits per heavy atom. The predicted molar refractivity (Wildman–Crippen MR) is 378 cm³/mol. The topological polar surface area (TPSA) is 676 Å². The molecule has 0 unspecified atom stereocenters. The van der Waals surface area contributed by atoms with E-state index in [4.69, 9.17) is 34.4 Å². The van der Waals surface area contributed by atoms with Gasteiger partial charge in [0.05, 0.1) is 13.0 Å². The molecule has 0 saturated carbocycles. The van der Waals surface area contributed by atoms with Gasteiger partial charge in [-0.2, -0.15) is 0 Å². The van der Waals surface area contributed by atoms with Gasteiger partial charge >= 0.3 is 17.9 Å². The molecule has 40 nitrogen and oxygen atoms in total. The fourth-order valence-corrected chi connectivity index (χ4v) is 10.0. The first-order valence-corrected chi connectivity index (χ1v) is 34.1. The van der Waals surface area contributed by atoms with Gasteiger partial charge in [-0.25, -0.2) is 0 Å². The first kappa shape index (κ1) is 91.8. The second-order valence-electron chi connectivity index (χ2n) is 25.5. The number of aliphatic carboxylic acids is 3. The number of benzene rings is 1. The fourth-order valence-electron chi connectivity index (χ4n) is 10.0. The van der Waals surface area contributed by atoms with Gasteiger partial charge in [-0.1, -0.05) is 84.7 Å². The number of carboxylic acid groups (broad SMARTS) is 3. The third kappa shape index (κ3) is 37.5. The standard InChI is InChI=1S/C65H106N20O20/c1-9-33(5)51(62(104)74-31-47(88)77-45(30-50(93)94)61(103)82-41(21-24-48(89)90)57(99)83-43(53(67)95)29-37-16-12-11-13-17-37)85-59(101)39(19-15-27-73-65(70)71)79-55(97)38(18-14-26-72-64(68)69)80-60(102)44(28-32(3)4)84-58(100)42(22-25-49(91)92)81-56(98)40(20-23-46(66)87)78-54(96)35(7)75-63(105)52(34(6)10-2)76-36(8)86/h11-13,16-17,32-35,38-45,51-52H,9-10,14-15,18-31H2,1-8H3,(H2,66,87)(H2,67,95)(H,74,104)(H,75,105)(H,76,86)(H,77,88)(H,78,96)(H,79,97)(H,80,102)(H,81,98)(H,82,103)(H,83,99)(H,84,100)(H,85,101)(H,89,90)(H,91,92)(H,93,94)(H4,68,69,72)(H4,70,71,73)/t33-,34-,35-,38-,39-,40-,41-,42-,43-,44-,45-,51-,52-/m0/s1. The Kier molecular flexibility index (Phi) is 41.8. The molecule has 0 radical (unpaired) electrons. The monoisotopic (exact) mass is 1490 g/mol. The number of hydrogen-bond donors (Lipinski definition) is 21. The molecule has 105 heavy (non-hydrogen) atoms. The van der Waals surface area contributed by atoms with Crippen LogP contribution in [0.25, 0.3) is 0 Å². The number of guanidine groups is 2. The molecule has 13 atom stereocenters. The van der Waals surface area contributed by atoms with Gasteiger partial charge in [0, 0.05) is 45.7 Å². The highest BCUT2D eigenvalue weighted by molar-refractivity contribution is 6.00. The van der Waals surface area contributed by atoms with E-state index in [2.05, 4.69) is 73.8 Å². The number of nitrogens with zero attached hydrogens (tertiary/aromatic N) is 2. The van der Waals surface area contributed by atoms with E-state index in [1.54, 1.807) is 71.9 Å². The molecule has 0 aliphatic rings. The molecule has 586 valence electrons. The second kappa shape index (κ2) is 47.8. The van der Waals surface area contributed by atoms with Gasteiger partial charge in [-0.05, 0) is 81.6 Å². The number of amides is 14. The summed E-state index contributed by atoms with van der Waals surface area (Å²) in [6.45, 7) is 11.3. The van der Waals surface area contributed by atoms with Crippen molar-refractivity contribution in [2.75, 3.05) is 19.6 Å². The van der Waals surface area contributed by atoms with Crippen molar-refractivity contribution < 1.29 is 96.8 Å². The van der Waals surface area contributed by atoms with Crippen LogP contribution in [0.2, 0.25) is 0 Å². The summed E-state index contributed by atoms with van der Waals surface area (Å²) in [5.41, 5.74) is 33.7. The minimum Gasteiger partial charge on any atom is -0.481 e. The van der Waals surface area contributed by atoms with E-state index in [1.807, 2.05) is 0 Å². The van der Waals surface area contributed by atoms with Crippen LogP contribution in [0.3, 0.4) is 0 Å². The van der Waals surface area contributed by atoms with Gasteiger partial charge in [0.1, 0.15) is 66.5 Å². The molecule has 0 bridgehead atoms. The average Bonchev–Trinajstić information content (AvgIpc) is 0.851. The van der Waals surface area contributed by atoms with Crippen LogP contribution in [-0.4, -0.2) is 214 Å². The minimum atomic E-state index is -1.96. The van der Waals surface area contributed by atoms with E-state index < -0.39 is 230 Å². The van der Waals surface area contributed by atoms with Crippen LogP contribution < -0.4 is 98.2 Å². The normalized spacial score (nSPS) is 14.6. The largest absolute Gasteiger partial charge is 0.481 e. The highest BCUT2D eigenvalue weighted by atomic mass is 16.4. The third-order valence-electron chi connectivity index (χ3n) is 16.2. The predicted octanol–water partition coefficient (Wildman–Crippen LogP) is -6.08. The molecule has 0 heterocycles. The molecule has 0 aromatic heterocycles. The van der Waals surface area contributed by atoms with E-state index in [0.29, 0.717) is 12.0 Å². The lowest BCUT2D eigenvalue weighted by Gasteiger charge is -2.29. The van der Waals surface area contributed by atoms with Crippen LogP contribution in [0, 0.1) is 17.8 Å². The maximum absolute atomic E-state index is 14.6. The Hall–Kier alpha value is -11.3. The number of primary amides is 2. The number of aliphatic imine (C=N–C) groups is 2.